The van der Waals surface area contributed by atoms with Gasteiger partial charge in [-0.2, -0.15) is 26.3 Å². The first-order valence-electron chi connectivity index (χ1n) is 8.06. The van der Waals surface area contributed by atoms with Crippen LogP contribution in [0.25, 0.3) is 21.9 Å². The summed E-state index contributed by atoms with van der Waals surface area (Å²) in [7, 11) is -0.498. The van der Waals surface area contributed by atoms with E-state index in [1.54, 1.807) is 0 Å². The Balaban J connectivity index is 1.56. The van der Waals surface area contributed by atoms with Gasteiger partial charge < -0.3 is 18.1 Å². The molecule has 0 N–H and O–H groups in total. The van der Waals surface area contributed by atoms with Gasteiger partial charge in [-0.25, -0.2) is 0 Å². The summed E-state index contributed by atoms with van der Waals surface area (Å²) < 4.78 is 99.0. The fourth-order valence-electron chi connectivity index (χ4n) is 2.95. The second-order valence-corrected chi connectivity index (χ2v) is 5.95. The normalized spacial score (nSPS) is 12.5. The molecule has 2 aromatic heterocycles. The van der Waals surface area contributed by atoms with Crippen LogP contribution >= 0.6 is 0 Å². The summed E-state index contributed by atoms with van der Waals surface area (Å²) in [5.74, 6) is -0.0267. The zero-order valence-electron chi connectivity index (χ0n) is 14.2. The second-order valence-electron chi connectivity index (χ2n) is 5.95. The summed E-state index contributed by atoms with van der Waals surface area (Å²) >= 11 is 0. The van der Waals surface area contributed by atoms with E-state index in [-0.39, 0.29) is 33.4 Å². The molecule has 0 saturated carbocycles. The van der Waals surface area contributed by atoms with E-state index in [2.05, 4.69) is 0 Å². The Morgan fingerprint density at radius 3 is 1.41 bits per heavy atom. The lowest BCUT2D eigenvalue weighted by molar-refractivity contribution is -0.137. The summed E-state index contributed by atoms with van der Waals surface area (Å²) in [6.45, 7) is 0. The van der Waals surface area contributed by atoms with Crippen LogP contribution in [-0.2, 0) is 12.4 Å². The predicted octanol–water partition coefficient (Wildman–Crippen LogP) is 5.94. The summed E-state index contributed by atoms with van der Waals surface area (Å²) in [4.78, 5) is 0. The average molecular weight is 414 g/mol. The first-order valence-corrected chi connectivity index (χ1v) is 8.06. The van der Waals surface area contributed by atoms with E-state index in [4.69, 9.17) is 18.1 Å². The first-order chi connectivity index (χ1) is 13.7. The predicted molar refractivity (Wildman–Crippen MR) is 90.8 cm³/mol. The molecular weight excluding hydrogens is 405 g/mol. The maximum absolute atomic E-state index is 13.0. The van der Waals surface area contributed by atoms with Crippen LogP contribution in [0.3, 0.4) is 0 Å². The van der Waals surface area contributed by atoms with E-state index in [0.29, 0.717) is 0 Å². The van der Waals surface area contributed by atoms with Gasteiger partial charge in [0, 0.05) is 10.8 Å². The zero-order valence-corrected chi connectivity index (χ0v) is 14.2. The van der Waals surface area contributed by atoms with Gasteiger partial charge in [0.25, 0.3) is 0 Å². The molecule has 4 rings (SSSR count). The number of fused-ring (bicyclic) bond motifs is 2. The Bertz CT molecular complexity index is 1080. The van der Waals surface area contributed by atoms with Crippen molar-refractivity contribution in [3.05, 3.63) is 60.1 Å². The third kappa shape index (κ3) is 3.48. The number of halogens is 6. The molecule has 0 bridgehead atoms. The fraction of sp³-hybridized carbons (Fsp3) is 0.111. The molecule has 2 heterocycles. The lowest BCUT2D eigenvalue weighted by Crippen LogP contribution is -2.12. The van der Waals surface area contributed by atoms with Gasteiger partial charge in [-0.1, -0.05) is 0 Å². The average Bonchev–Trinajstić information content (AvgIpc) is 3.29. The minimum absolute atomic E-state index is 0.0133. The van der Waals surface area contributed by atoms with Crippen molar-refractivity contribution in [1.29, 1.82) is 0 Å². The number of hydrogen-bond acceptors (Lipinski definition) is 4. The van der Waals surface area contributed by atoms with Crippen molar-refractivity contribution in [2.24, 2.45) is 0 Å². The molecule has 2 aromatic carbocycles. The lowest BCUT2D eigenvalue weighted by Gasteiger charge is -2.12. The van der Waals surface area contributed by atoms with Gasteiger partial charge in [-0.3, -0.25) is 0 Å². The Morgan fingerprint density at radius 1 is 0.621 bits per heavy atom. The molecular formula is C18H9BF6O4. The largest absolute Gasteiger partial charge is 0.576 e. The Labute approximate surface area is 158 Å². The molecule has 0 aliphatic carbocycles. The smallest absolute Gasteiger partial charge is 0.526 e. The van der Waals surface area contributed by atoms with Gasteiger partial charge >= 0.3 is 20.0 Å². The van der Waals surface area contributed by atoms with Gasteiger partial charge in [0.2, 0.25) is 0 Å². The number of rotatable bonds is 4. The third-order valence-corrected chi connectivity index (χ3v) is 4.20. The molecule has 0 atom stereocenters. The second kappa shape index (κ2) is 6.68. The molecule has 0 spiro atoms. The quantitative estimate of drug-likeness (QED) is 0.306. The maximum Gasteiger partial charge on any atom is 0.576 e. The van der Waals surface area contributed by atoms with Gasteiger partial charge in [-0.15, -0.1) is 0 Å². The van der Waals surface area contributed by atoms with E-state index in [1.165, 1.54) is 0 Å². The van der Waals surface area contributed by atoms with Crippen LogP contribution in [0.1, 0.15) is 11.1 Å². The molecule has 0 amide bonds. The first kappa shape index (κ1) is 19.1. The number of furan rings is 2. The molecule has 0 aliphatic rings. The van der Waals surface area contributed by atoms with Crippen molar-refractivity contribution >= 4 is 29.6 Å². The zero-order chi connectivity index (χ0) is 20.8. The highest BCUT2D eigenvalue weighted by molar-refractivity contribution is 6.21. The van der Waals surface area contributed by atoms with E-state index >= 15 is 0 Å². The molecule has 4 nitrogen and oxygen atoms in total. The standard InChI is InChI=1S/C18H9BF6O4/c20-17(21,22)11-1-3-13(15-9(11)5-7-26-15)28-19-29-14-4-2-12(18(23,24)25)10-6-8-27-16(10)14/h1-8,19H. The van der Waals surface area contributed by atoms with Crippen LogP contribution in [0.4, 0.5) is 26.3 Å². The maximum atomic E-state index is 13.0. The molecule has 150 valence electrons. The van der Waals surface area contributed by atoms with Gasteiger partial charge in [0.15, 0.2) is 11.2 Å². The SMILES string of the molecule is FC(F)(F)c1ccc(OBOc2ccc(C(F)(F)F)c3ccoc23)c2occc12. The molecule has 0 saturated heterocycles. The molecule has 0 aliphatic heterocycles. The van der Waals surface area contributed by atoms with E-state index in [1.807, 2.05) is 0 Å². The van der Waals surface area contributed by atoms with Crippen LogP contribution in [0.15, 0.2) is 57.8 Å². The van der Waals surface area contributed by atoms with Crippen molar-refractivity contribution in [3.63, 3.8) is 0 Å². The highest BCUT2D eigenvalue weighted by Gasteiger charge is 2.35. The monoisotopic (exact) mass is 414 g/mol. The van der Waals surface area contributed by atoms with Gasteiger partial charge in [0.1, 0.15) is 11.5 Å². The van der Waals surface area contributed by atoms with Crippen LogP contribution in [0.5, 0.6) is 11.5 Å². The lowest BCUT2D eigenvalue weighted by atomic mass is 10.1. The van der Waals surface area contributed by atoms with Crippen LogP contribution < -0.4 is 9.31 Å². The van der Waals surface area contributed by atoms with E-state index in [9.17, 15) is 26.3 Å². The van der Waals surface area contributed by atoms with Crippen LogP contribution in [0.2, 0.25) is 0 Å². The molecule has 0 unspecified atom stereocenters. The van der Waals surface area contributed by atoms with E-state index in [0.717, 1.165) is 48.9 Å². The highest BCUT2D eigenvalue weighted by Crippen LogP contribution is 2.40. The van der Waals surface area contributed by atoms with E-state index < -0.39 is 31.2 Å². The van der Waals surface area contributed by atoms with Crippen molar-refractivity contribution < 1.29 is 44.5 Å². The minimum atomic E-state index is -4.57. The van der Waals surface area contributed by atoms with Gasteiger partial charge in [-0.05, 0) is 36.4 Å². The number of alkyl halides is 6. The topological polar surface area (TPSA) is 44.7 Å². The molecule has 29 heavy (non-hydrogen) atoms. The summed E-state index contributed by atoms with van der Waals surface area (Å²) in [5.41, 5.74) is -2.01. The molecule has 0 fully saturated rings. The summed E-state index contributed by atoms with van der Waals surface area (Å²) in [6, 6.07) is 6.16. The minimum Gasteiger partial charge on any atom is -0.526 e. The van der Waals surface area contributed by atoms with Crippen molar-refractivity contribution in [2.45, 2.75) is 12.4 Å². The fourth-order valence-corrected chi connectivity index (χ4v) is 2.95. The molecule has 4 aromatic rings. The number of hydrogen-bond donors (Lipinski definition) is 0. The Morgan fingerprint density at radius 2 is 1.03 bits per heavy atom. The van der Waals surface area contributed by atoms with Crippen molar-refractivity contribution in [3.8, 4) is 11.5 Å². The molecule has 11 heteroatoms. The van der Waals surface area contributed by atoms with Gasteiger partial charge in [0.05, 0.1) is 23.7 Å². The Kier molecular flexibility index (Phi) is 4.40. The van der Waals surface area contributed by atoms with Crippen LogP contribution in [-0.4, -0.2) is 7.69 Å². The van der Waals surface area contributed by atoms with Crippen LogP contribution in [0, 0.1) is 0 Å². The van der Waals surface area contributed by atoms with Crippen molar-refractivity contribution in [1.82, 2.24) is 0 Å². The third-order valence-electron chi connectivity index (χ3n) is 4.20. The Hall–Kier alpha value is -3.24. The van der Waals surface area contributed by atoms with Crippen molar-refractivity contribution in [2.75, 3.05) is 0 Å². The summed E-state index contributed by atoms with van der Waals surface area (Å²) in [5, 5.41) is -0.365. The summed E-state index contributed by atoms with van der Waals surface area (Å²) in [6.07, 6.45) is -6.95. The molecule has 0 radical (unpaired) electrons. The number of benzene rings is 2. The highest BCUT2D eigenvalue weighted by atomic mass is 19.4.